The zero-order valence-corrected chi connectivity index (χ0v) is 34.4. The average Bonchev–Trinajstić information content (AvgIpc) is 3.76. The van der Waals surface area contributed by atoms with Gasteiger partial charge in [0.25, 0.3) is 5.91 Å². The molecule has 0 radical (unpaired) electrons. The van der Waals surface area contributed by atoms with Gasteiger partial charge >= 0.3 is 7.60 Å². The second kappa shape index (κ2) is 19.3. The maximum atomic E-state index is 14.6. The van der Waals surface area contributed by atoms with Crippen molar-refractivity contribution in [2.45, 2.75) is 39.7 Å². The van der Waals surface area contributed by atoms with Crippen LogP contribution in [0.4, 0.5) is 18.3 Å². The smallest absolute Gasteiger partial charge is 0.361 e. The van der Waals surface area contributed by atoms with Crippen molar-refractivity contribution in [3.63, 3.8) is 0 Å². The molecule has 59 heavy (non-hydrogen) atoms. The molecule has 0 spiro atoms. The van der Waals surface area contributed by atoms with Crippen LogP contribution in [-0.4, -0.2) is 38.3 Å². The highest BCUT2D eigenvalue weighted by Gasteiger charge is 2.29. The van der Waals surface area contributed by atoms with E-state index in [0.717, 1.165) is 0 Å². The number of carbonyl (C=O) groups is 1. The van der Waals surface area contributed by atoms with E-state index in [2.05, 4.69) is 4.98 Å². The third-order valence-electron chi connectivity index (χ3n) is 8.57. The average molecular weight is 849 g/mol. The van der Waals surface area contributed by atoms with E-state index in [0.29, 0.717) is 33.3 Å². The molecular formula is C43H40F3N2O9PS. The lowest BCUT2D eigenvalue weighted by Gasteiger charge is -2.22. The molecule has 0 aliphatic heterocycles. The van der Waals surface area contributed by atoms with Crippen LogP contribution >= 0.6 is 18.9 Å². The molecule has 0 saturated heterocycles. The van der Waals surface area contributed by atoms with Gasteiger partial charge in [-0.15, -0.1) is 11.3 Å². The van der Waals surface area contributed by atoms with E-state index in [4.69, 9.17) is 32.7 Å². The van der Waals surface area contributed by atoms with Crippen molar-refractivity contribution in [1.29, 1.82) is 0 Å². The summed E-state index contributed by atoms with van der Waals surface area (Å²) in [4.78, 5) is 20.0. The largest absolute Gasteiger partial charge is 0.494 e. The lowest BCUT2D eigenvalue weighted by atomic mass is 10.1. The van der Waals surface area contributed by atoms with E-state index in [1.807, 2.05) is 13.8 Å². The summed E-state index contributed by atoms with van der Waals surface area (Å²) < 4.78 is 97.0. The van der Waals surface area contributed by atoms with E-state index in [9.17, 15) is 22.5 Å². The zero-order valence-electron chi connectivity index (χ0n) is 32.6. The quantitative estimate of drug-likeness (QED) is 0.0775. The Kier molecular flexibility index (Phi) is 14.0. The number of methoxy groups -OCH3 is 3. The molecule has 1 amide bonds. The molecule has 0 fully saturated rings. The lowest BCUT2D eigenvalue weighted by molar-refractivity contribution is 0.0984. The third-order valence-corrected chi connectivity index (χ3v) is 11.2. The fourth-order valence-electron chi connectivity index (χ4n) is 5.75. The molecule has 0 atom stereocenters. The molecule has 16 heteroatoms. The van der Waals surface area contributed by atoms with Gasteiger partial charge < -0.3 is 32.7 Å². The van der Waals surface area contributed by atoms with Gasteiger partial charge in [-0.05, 0) is 103 Å². The van der Waals surface area contributed by atoms with Gasteiger partial charge in [0.05, 0.1) is 52.5 Å². The Balaban J connectivity index is 1.27. The normalized spacial score (nSPS) is 11.3. The summed E-state index contributed by atoms with van der Waals surface area (Å²) in [6, 6.07) is 23.6. The first-order valence-corrected chi connectivity index (χ1v) is 20.5. The number of benzene rings is 5. The van der Waals surface area contributed by atoms with Crippen molar-refractivity contribution in [1.82, 2.24) is 4.98 Å². The first-order valence-electron chi connectivity index (χ1n) is 18.1. The Morgan fingerprint density at radius 2 is 1.22 bits per heavy atom. The highest BCUT2D eigenvalue weighted by atomic mass is 32.1. The number of amides is 1. The van der Waals surface area contributed by atoms with Gasteiger partial charge in [0, 0.05) is 23.2 Å². The van der Waals surface area contributed by atoms with E-state index in [-0.39, 0.29) is 59.7 Å². The van der Waals surface area contributed by atoms with Gasteiger partial charge in [-0.25, -0.2) is 18.2 Å². The number of carbonyl (C=O) groups excluding carboxylic acids is 1. The van der Waals surface area contributed by atoms with E-state index in [1.54, 1.807) is 41.9 Å². The molecule has 5 aromatic carbocycles. The third kappa shape index (κ3) is 10.8. The summed E-state index contributed by atoms with van der Waals surface area (Å²) in [6.45, 7) is 3.10. The number of rotatable bonds is 18. The molecule has 0 unspecified atom stereocenters. The standard InChI is InChI=1S/C43H40F3N2O9PS/c1-27(2)56-33-21-31(42(49)48(43-47-16-17-59-43)24-28-6-13-39(51-3)36(44)18-28)22-34(23-33)57-32-9-11-35(12-10-32)58(50,54-25-29-7-14-40(52-4)37(45)19-29)55-26-30-8-15-41(53-5)38(46)20-30/h6-23,27H,24-26H2,1-5H3. The highest BCUT2D eigenvalue weighted by Crippen LogP contribution is 2.49. The maximum Gasteiger partial charge on any atom is 0.361 e. The van der Waals surface area contributed by atoms with E-state index in [1.165, 1.54) is 104 Å². The molecule has 0 saturated carbocycles. The number of hydrogen-bond donors (Lipinski definition) is 0. The van der Waals surface area contributed by atoms with Crippen molar-refractivity contribution >= 4 is 35.3 Å². The van der Waals surface area contributed by atoms with Crippen molar-refractivity contribution in [3.05, 3.63) is 148 Å². The fourth-order valence-corrected chi connectivity index (χ4v) is 7.92. The highest BCUT2D eigenvalue weighted by molar-refractivity contribution is 7.62. The van der Waals surface area contributed by atoms with Crippen LogP contribution in [0.25, 0.3) is 0 Å². The lowest BCUT2D eigenvalue weighted by Crippen LogP contribution is -2.30. The SMILES string of the molecule is COc1ccc(COP(=O)(OCc2ccc(OC)c(F)c2)c2ccc(Oc3cc(OC(C)C)cc(C(=O)N(Cc4ccc(OC)c(F)c4)c4nccs4)c3)cc2)cc1F. The van der Waals surface area contributed by atoms with Gasteiger partial charge in [0.2, 0.25) is 0 Å². The Bertz CT molecular complexity index is 2370. The monoisotopic (exact) mass is 848 g/mol. The number of halogens is 3. The van der Waals surface area contributed by atoms with Gasteiger partial charge in [-0.1, -0.05) is 18.2 Å². The summed E-state index contributed by atoms with van der Waals surface area (Å²) in [5.41, 5.74) is 1.44. The molecule has 1 heterocycles. The summed E-state index contributed by atoms with van der Waals surface area (Å²) in [6.07, 6.45) is 1.32. The predicted molar refractivity (Wildman–Crippen MR) is 217 cm³/mol. The molecule has 6 aromatic rings. The van der Waals surface area contributed by atoms with Crippen LogP contribution in [0.5, 0.6) is 34.5 Å². The van der Waals surface area contributed by atoms with Crippen LogP contribution in [0.1, 0.15) is 40.9 Å². The van der Waals surface area contributed by atoms with E-state index < -0.39 is 31.0 Å². The molecule has 0 bridgehead atoms. The van der Waals surface area contributed by atoms with Gasteiger partial charge in [0.1, 0.15) is 17.2 Å². The summed E-state index contributed by atoms with van der Waals surface area (Å²) in [5.74, 6) is -1.25. The molecule has 0 aliphatic rings. The van der Waals surface area contributed by atoms with Crippen LogP contribution in [0.15, 0.2) is 109 Å². The summed E-state index contributed by atoms with van der Waals surface area (Å²) in [7, 11) is -0.105. The van der Waals surface area contributed by atoms with Crippen LogP contribution in [0, 0.1) is 17.5 Å². The van der Waals surface area contributed by atoms with Crippen LogP contribution in [0.3, 0.4) is 0 Å². The van der Waals surface area contributed by atoms with Gasteiger partial charge in [0.15, 0.2) is 39.8 Å². The number of nitrogens with zero attached hydrogens (tertiary/aromatic N) is 2. The minimum atomic E-state index is -4.16. The molecule has 1 aromatic heterocycles. The zero-order chi connectivity index (χ0) is 42.1. The first kappa shape index (κ1) is 42.7. The number of ether oxygens (including phenoxy) is 5. The minimum absolute atomic E-state index is 0.00515. The van der Waals surface area contributed by atoms with Gasteiger partial charge in [-0.2, -0.15) is 0 Å². The second-order valence-electron chi connectivity index (χ2n) is 13.1. The molecule has 0 aliphatic carbocycles. The Morgan fingerprint density at radius 3 is 1.71 bits per heavy atom. The number of aromatic nitrogens is 1. The molecule has 0 N–H and O–H groups in total. The van der Waals surface area contributed by atoms with Crippen LogP contribution in [0.2, 0.25) is 0 Å². The maximum absolute atomic E-state index is 14.6. The van der Waals surface area contributed by atoms with Crippen molar-refractivity contribution < 1.29 is 55.3 Å². The van der Waals surface area contributed by atoms with E-state index >= 15 is 0 Å². The predicted octanol–water partition coefficient (Wildman–Crippen LogP) is 10.3. The summed E-state index contributed by atoms with van der Waals surface area (Å²) >= 11 is 1.24. The molecule has 308 valence electrons. The fraction of sp³-hybridized carbons (Fsp3) is 0.209. The van der Waals surface area contributed by atoms with Gasteiger partial charge in [-0.3, -0.25) is 14.3 Å². The summed E-state index contributed by atoms with van der Waals surface area (Å²) in [5, 5.41) is 2.25. The number of thiazole rings is 1. The number of anilines is 1. The molecule has 11 nitrogen and oxygen atoms in total. The van der Waals surface area contributed by atoms with Crippen molar-refractivity contribution in [2.24, 2.45) is 0 Å². The van der Waals surface area contributed by atoms with Crippen molar-refractivity contribution in [3.8, 4) is 34.5 Å². The number of hydrogen-bond acceptors (Lipinski definition) is 11. The van der Waals surface area contributed by atoms with Crippen LogP contribution < -0.4 is 33.9 Å². The minimum Gasteiger partial charge on any atom is -0.494 e. The van der Waals surface area contributed by atoms with Crippen LogP contribution in [-0.2, 0) is 33.4 Å². The first-order chi connectivity index (χ1) is 28.4. The Labute approximate surface area is 343 Å². The topological polar surface area (TPSA) is 115 Å². The Hall–Kier alpha value is -5.86. The Morgan fingerprint density at radius 1 is 0.695 bits per heavy atom. The van der Waals surface area contributed by atoms with Crippen molar-refractivity contribution in [2.75, 3.05) is 26.2 Å². The molecular weight excluding hydrogens is 809 g/mol. The molecule has 6 rings (SSSR count). The second-order valence-corrected chi connectivity index (χ2v) is 16.0.